The van der Waals surface area contributed by atoms with E-state index in [1.165, 1.54) is 19.2 Å². The molecule has 0 saturated heterocycles. The third kappa shape index (κ3) is 4.05. The number of rotatable bonds is 6. The standard InChI is InChI=1S/C19H17FN2O5/c1-11(26-19(23)15-9-8-14(25-3)10-16(15)20)17-21-22-18(27-17)12-4-6-13(24-2)7-5-12/h4-11H,1-3H3/t11-/m1/s1. The zero-order valence-corrected chi connectivity index (χ0v) is 14.9. The predicted molar refractivity (Wildman–Crippen MR) is 93.1 cm³/mol. The van der Waals surface area contributed by atoms with Gasteiger partial charge in [-0.15, -0.1) is 10.2 Å². The fourth-order valence-corrected chi connectivity index (χ4v) is 2.31. The van der Waals surface area contributed by atoms with Crippen molar-refractivity contribution in [1.29, 1.82) is 0 Å². The van der Waals surface area contributed by atoms with Crippen LogP contribution in [0.5, 0.6) is 11.5 Å². The van der Waals surface area contributed by atoms with E-state index >= 15 is 0 Å². The van der Waals surface area contributed by atoms with Gasteiger partial charge in [0.25, 0.3) is 5.89 Å². The maximum Gasteiger partial charge on any atom is 0.341 e. The van der Waals surface area contributed by atoms with Gasteiger partial charge < -0.3 is 18.6 Å². The highest BCUT2D eigenvalue weighted by Crippen LogP contribution is 2.25. The fraction of sp³-hybridized carbons (Fsp3) is 0.211. The summed E-state index contributed by atoms with van der Waals surface area (Å²) >= 11 is 0. The summed E-state index contributed by atoms with van der Waals surface area (Å²) in [6, 6.07) is 10.9. The molecule has 0 aliphatic heterocycles. The van der Waals surface area contributed by atoms with Crippen LogP contribution in [0.25, 0.3) is 11.5 Å². The van der Waals surface area contributed by atoms with Gasteiger partial charge in [0.05, 0.1) is 19.8 Å². The molecule has 0 aliphatic rings. The van der Waals surface area contributed by atoms with E-state index in [-0.39, 0.29) is 17.3 Å². The number of nitrogens with zero attached hydrogens (tertiary/aromatic N) is 2. The second-order valence-electron chi connectivity index (χ2n) is 5.57. The number of carbonyl (C=O) groups excluding carboxylic acids is 1. The van der Waals surface area contributed by atoms with Gasteiger partial charge in [-0.1, -0.05) is 0 Å². The van der Waals surface area contributed by atoms with Gasteiger partial charge in [0.1, 0.15) is 17.3 Å². The van der Waals surface area contributed by atoms with E-state index in [4.69, 9.17) is 18.6 Å². The highest BCUT2D eigenvalue weighted by molar-refractivity contribution is 5.90. The van der Waals surface area contributed by atoms with Gasteiger partial charge in [-0.2, -0.15) is 0 Å². The Hall–Kier alpha value is -3.42. The first-order valence-corrected chi connectivity index (χ1v) is 8.04. The Bertz CT molecular complexity index is 940. The van der Waals surface area contributed by atoms with Crippen LogP contribution in [-0.4, -0.2) is 30.4 Å². The van der Waals surface area contributed by atoms with Crippen molar-refractivity contribution in [1.82, 2.24) is 10.2 Å². The molecule has 0 fully saturated rings. The van der Waals surface area contributed by atoms with Gasteiger partial charge in [0.15, 0.2) is 6.10 Å². The Labute approximate surface area is 154 Å². The van der Waals surface area contributed by atoms with E-state index < -0.39 is 17.9 Å². The van der Waals surface area contributed by atoms with Crippen molar-refractivity contribution in [3.8, 4) is 23.0 Å². The molecule has 8 heteroatoms. The quantitative estimate of drug-likeness (QED) is 0.608. The number of ether oxygens (including phenoxy) is 3. The summed E-state index contributed by atoms with van der Waals surface area (Å²) in [4.78, 5) is 12.2. The number of methoxy groups -OCH3 is 2. The molecule has 140 valence electrons. The average molecular weight is 372 g/mol. The Morgan fingerprint density at radius 1 is 1.04 bits per heavy atom. The molecule has 27 heavy (non-hydrogen) atoms. The van der Waals surface area contributed by atoms with Crippen LogP contribution in [0.2, 0.25) is 0 Å². The largest absolute Gasteiger partial charge is 0.497 e. The van der Waals surface area contributed by atoms with Crippen LogP contribution < -0.4 is 9.47 Å². The molecule has 0 radical (unpaired) electrons. The second kappa shape index (κ2) is 7.86. The highest BCUT2D eigenvalue weighted by atomic mass is 19.1. The van der Waals surface area contributed by atoms with Crippen molar-refractivity contribution >= 4 is 5.97 Å². The van der Waals surface area contributed by atoms with Crippen molar-refractivity contribution in [2.75, 3.05) is 14.2 Å². The van der Waals surface area contributed by atoms with Crippen LogP contribution in [0, 0.1) is 5.82 Å². The van der Waals surface area contributed by atoms with E-state index in [0.717, 1.165) is 6.07 Å². The summed E-state index contributed by atoms with van der Waals surface area (Å²) in [6.45, 7) is 1.56. The molecule has 0 saturated carbocycles. The number of hydrogen-bond donors (Lipinski definition) is 0. The molecule has 0 spiro atoms. The Morgan fingerprint density at radius 3 is 2.33 bits per heavy atom. The molecule has 0 aliphatic carbocycles. The van der Waals surface area contributed by atoms with Crippen LogP contribution in [0.15, 0.2) is 46.9 Å². The van der Waals surface area contributed by atoms with E-state index in [1.54, 1.807) is 38.3 Å². The van der Waals surface area contributed by atoms with Crippen LogP contribution in [-0.2, 0) is 4.74 Å². The topological polar surface area (TPSA) is 83.7 Å². The predicted octanol–water partition coefficient (Wildman–Crippen LogP) is 3.81. The summed E-state index contributed by atoms with van der Waals surface area (Å²) in [5.41, 5.74) is 0.479. The van der Waals surface area contributed by atoms with Crippen molar-refractivity contribution in [3.05, 3.63) is 59.7 Å². The number of carbonyl (C=O) groups is 1. The Kier molecular flexibility index (Phi) is 5.35. The monoisotopic (exact) mass is 372 g/mol. The molecule has 2 aromatic carbocycles. The third-order valence-corrected chi connectivity index (χ3v) is 3.81. The van der Waals surface area contributed by atoms with Crippen molar-refractivity contribution in [2.24, 2.45) is 0 Å². The van der Waals surface area contributed by atoms with E-state index in [2.05, 4.69) is 10.2 Å². The van der Waals surface area contributed by atoms with Gasteiger partial charge in [0, 0.05) is 11.6 Å². The van der Waals surface area contributed by atoms with Gasteiger partial charge in [-0.25, -0.2) is 9.18 Å². The van der Waals surface area contributed by atoms with Crippen LogP contribution in [0.4, 0.5) is 4.39 Å². The lowest BCUT2D eigenvalue weighted by molar-refractivity contribution is 0.0274. The zero-order valence-electron chi connectivity index (χ0n) is 14.9. The molecule has 1 atom stereocenters. The Balaban J connectivity index is 1.72. The first kappa shape index (κ1) is 18.4. The van der Waals surface area contributed by atoms with E-state index in [0.29, 0.717) is 17.1 Å². The van der Waals surface area contributed by atoms with Crippen molar-refractivity contribution in [2.45, 2.75) is 13.0 Å². The van der Waals surface area contributed by atoms with Crippen molar-refractivity contribution in [3.63, 3.8) is 0 Å². The number of halogens is 1. The molecule has 1 heterocycles. The minimum Gasteiger partial charge on any atom is -0.497 e. The minimum absolute atomic E-state index is 0.100. The zero-order chi connectivity index (χ0) is 19.4. The maximum absolute atomic E-state index is 14.0. The lowest BCUT2D eigenvalue weighted by atomic mass is 10.2. The number of aromatic nitrogens is 2. The molecule has 3 rings (SSSR count). The van der Waals surface area contributed by atoms with Gasteiger partial charge >= 0.3 is 5.97 Å². The summed E-state index contributed by atoms with van der Waals surface area (Å²) in [7, 11) is 2.98. The van der Waals surface area contributed by atoms with Crippen LogP contribution in [0.1, 0.15) is 29.3 Å². The smallest absolute Gasteiger partial charge is 0.341 e. The summed E-state index contributed by atoms with van der Waals surface area (Å²) in [5, 5.41) is 7.84. The van der Waals surface area contributed by atoms with E-state index in [1.807, 2.05) is 0 Å². The SMILES string of the molecule is COc1ccc(-c2nnc([C@@H](C)OC(=O)c3ccc(OC)cc3F)o2)cc1. The molecule has 0 N–H and O–H groups in total. The lowest BCUT2D eigenvalue weighted by Crippen LogP contribution is -2.11. The lowest BCUT2D eigenvalue weighted by Gasteiger charge is -2.10. The molecule has 3 aromatic rings. The molecule has 0 bridgehead atoms. The molecule has 1 aromatic heterocycles. The van der Waals surface area contributed by atoms with Gasteiger partial charge in [-0.3, -0.25) is 0 Å². The average Bonchev–Trinajstić information content (AvgIpc) is 3.18. The minimum atomic E-state index is -0.849. The molecule has 0 amide bonds. The van der Waals surface area contributed by atoms with Gasteiger partial charge in [0.2, 0.25) is 5.89 Å². The second-order valence-corrected chi connectivity index (χ2v) is 5.57. The number of esters is 1. The van der Waals surface area contributed by atoms with Gasteiger partial charge in [-0.05, 0) is 43.3 Å². The number of benzene rings is 2. The molecular formula is C19H17FN2O5. The summed E-state index contributed by atoms with van der Waals surface area (Å²) in [6.07, 6.45) is -0.849. The summed E-state index contributed by atoms with van der Waals surface area (Å²) < 4.78 is 34.8. The van der Waals surface area contributed by atoms with Crippen LogP contribution >= 0.6 is 0 Å². The molecular weight excluding hydrogens is 355 g/mol. The summed E-state index contributed by atoms with van der Waals surface area (Å²) in [5.74, 6) is -0.211. The van der Waals surface area contributed by atoms with E-state index in [9.17, 15) is 9.18 Å². The maximum atomic E-state index is 14.0. The first-order chi connectivity index (χ1) is 13.0. The molecule has 0 unspecified atom stereocenters. The normalized spacial score (nSPS) is 11.7. The first-order valence-electron chi connectivity index (χ1n) is 8.04. The highest BCUT2D eigenvalue weighted by Gasteiger charge is 2.22. The fourth-order valence-electron chi connectivity index (χ4n) is 2.31. The third-order valence-electron chi connectivity index (χ3n) is 3.81. The van der Waals surface area contributed by atoms with Crippen LogP contribution in [0.3, 0.4) is 0 Å². The number of hydrogen-bond acceptors (Lipinski definition) is 7. The Morgan fingerprint density at radius 2 is 1.70 bits per heavy atom. The molecule has 7 nitrogen and oxygen atoms in total. The van der Waals surface area contributed by atoms with Crippen molar-refractivity contribution < 1.29 is 27.8 Å².